The van der Waals surface area contributed by atoms with E-state index in [1.807, 2.05) is 18.2 Å². The van der Waals surface area contributed by atoms with E-state index in [4.69, 9.17) is 15.2 Å². The lowest BCUT2D eigenvalue weighted by atomic mass is 10.3. The Balaban J connectivity index is 1.94. The molecule has 2 aromatic rings. The van der Waals surface area contributed by atoms with E-state index in [0.717, 1.165) is 4.47 Å². The Kier molecular flexibility index (Phi) is 5.05. The smallest absolute Gasteiger partial charge is 0.262 e. The van der Waals surface area contributed by atoms with Gasteiger partial charge in [-0.05, 0) is 40.2 Å². The number of hydrogen-bond donors (Lipinski definition) is 2. The lowest BCUT2D eigenvalue weighted by Crippen LogP contribution is -2.20. The summed E-state index contributed by atoms with van der Waals surface area (Å²) < 4.78 is 11.3. The second kappa shape index (κ2) is 6.99. The van der Waals surface area contributed by atoms with Gasteiger partial charge in [-0.15, -0.1) is 0 Å². The van der Waals surface area contributed by atoms with Gasteiger partial charge < -0.3 is 20.5 Å². The molecule has 21 heavy (non-hydrogen) atoms. The first-order valence-electron chi connectivity index (χ1n) is 6.21. The van der Waals surface area contributed by atoms with Crippen molar-refractivity contribution in [1.82, 2.24) is 0 Å². The lowest BCUT2D eigenvalue weighted by Gasteiger charge is -2.11. The molecule has 2 rings (SSSR count). The fourth-order valence-corrected chi connectivity index (χ4v) is 2.06. The average Bonchev–Trinajstić information content (AvgIpc) is 2.48. The number of amides is 1. The molecular weight excluding hydrogens is 336 g/mol. The van der Waals surface area contributed by atoms with Crippen molar-refractivity contribution < 1.29 is 14.3 Å². The second-order valence-corrected chi connectivity index (χ2v) is 5.07. The molecule has 0 unspecified atom stereocenters. The summed E-state index contributed by atoms with van der Waals surface area (Å²) in [6, 6.07) is 12.4. The molecule has 0 saturated carbocycles. The van der Waals surface area contributed by atoms with Crippen LogP contribution in [-0.2, 0) is 4.79 Å². The van der Waals surface area contributed by atoms with Crippen molar-refractivity contribution in [3.63, 3.8) is 0 Å². The van der Waals surface area contributed by atoms with Crippen molar-refractivity contribution in [2.24, 2.45) is 0 Å². The summed E-state index contributed by atoms with van der Waals surface area (Å²) in [6.45, 7) is -0.127. The van der Waals surface area contributed by atoms with Crippen LogP contribution in [-0.4, -0.2) is 19.6 Å². The van der Waals surface area contributed by atoms with Crippen molar-refractivity contribution in [2.75, 3.05) is 24.8 Å². The molecule has 0 fully saturated rings. The van der Waals surface area contributed by atoms with Gasteiger partial charge in [0.1, 0.15) is 11.5 Å². The predicted octanol–water partition coefficient (Wildman–Crippen LogP) is 3.06. The van der Waals surface area contributed by atoms with E-state index < -0.39 is 0 Å². The highest BCUT2D eigenvalue weighted by Crippen LogP contribution is 2.26. The van der Waals surface area contributed by atoms with Gasteiger partial charge in [-0.25, -0.2) is 0 Å². The standard InChI is InChI=1S/C15H15BrN2O3/c1-20-10-6-7-14(12(17)8-10)21-9-15(19)18-13-5-3-2-4-11(13)16/h2-8H,9,17H2,1H3,(H,18,19). The van der Waals surface area contributed by atoms with Crippen molar-refractivity contribution >= 4 is 33.2 Å². The molecule has 0 spiro atoms. The first-order valence-corrected chi connectivity index (χ1v) is 7.00. The van der Waals surface area contributed by atoms with Crippen LogP contribution < -0.4 is 20.5 Å². The van der Waals surface area contributed by atoms with Crippen LogP contribution in [0, 0.1) is 0 Å². The highest BCUT2D eigenvalue weighted by Gasteiger charge is 2.08. The molecule has 0 radical (unpaired) electrons. The van der Waals surface area contributed by atoms with E-state index in [0.29, 0.717) is 22.9 Å². The molecule has 0 atom stereocenters. The highest BCUT2D eigenvalue weighted by molar-refractivity contribution is 9.10. The van der Waals surface area contributed by atoms with Gasteiger partial charge in [0.2, 0.25) is 0 Å². The number of methoxy groups -OCH3 is 1. The Morgan fingerprint density at radius 2 is 2.05 bits per heavy atom. The van der Waals surface area contributed by atoms with Crippen LogP contribution in [0.15, 0.2) is 46.9 Å². The maximum Gasteiger partial charge on any atom is 0.262 e. The first kappa shape index (κ1) is 15.2. The normalized spacial score (nSPS) is 10.0. The second-order valence-electron chi connectivity index (χ2n) is 4.22. The van der Waals surface area contributed by atoms with Crippen molar-refractivity contribution in [3.05, 3.63) is 46.9 Å². The molecule has 0 bridgehead atoms. The SMILES string of the molecule is COc1ccc(OCC(=O)Nc2ccccc2Br)c(N)c1. The monoisotopic (exact) mass is 350 g/mol. The minimum Gasteiger partial charge on any atom is -0.497 e. The Labute approximate surface area is 131 Å². The number of anilines is 2. The summed E-state index contributed by atoms with van der Waals surface area (Å²) in [5.41, 5.74) is 6.92. The topological polar surface area (TPSA) is 73.6 Å². The van der Waals surface area contributed by atoms with Gasteiger partial charge in [-0.1, -0.05) is 12.1 Å². The Morgan fingerprint density at radius 3 is 2.71 bits per heavy atom. The number of carbonyl (C=O) groups excluding carboxylic acids is 1. The minimum absolute atomic E-state index is 0.127. The van der Waals surface area contributed by atoms with Crippen LogP contribution in [0.5, 0.6) is 11.5 Å². The lowest BCUT2D eigenvalue weighted by molar-refractivity contribution is -0.118. The fourth-order valence-electron chi connectivity index (χ4n) is 1.68. The molecule has 5 nitrogen and oxygen atoms in total. The summed E-state index contributed by atoms with van der Waals surface area (Å²) in [5.74, 6) is 0.813. The molecule has 1 amide bonds. The van der Waals surface area contributed by atoms with E-state index in [1.165, 1.54) is 0 Å². The van der Waals surface area contributed by atoms with E-state index in [1.54, 1.807) is 31.4 Å². The number of nitrogens with two attached hydrogens (primary N) is 1. The van der Waals surface area contributed by atoms with E-state index >= 15 is 0 Å². The molecule has 0 aliphatic heterocycles. The van der Waals surface area contributed by atoms with Gasteiger partial charge in [0, 0.05) is 10.5 Å². The molecule has 3 N–H and O–H groups in total. The highest BCUT2D eigenvalue weighted by atomic mass is 79.9. The van der Waals surface area contributed by atoms with Crippen molar-refractivity contribution in [1.29, 1.82) is 0 Å². The third-order valence-corrected chi connectivity index (χ3v) is 3.42. The number of carbonyl (C=O) groups is 1. The summed E-state index contributed by atoms with van der Waals surface area (Å²) in [6.07, 6.45) is 0. The zero-order valence-electron chi connectivity index (χ0n) is 11.4. The largest absolute Gasteiger partial charge is 0.497 e. The summed E-state index contributed by atoms with van der Waals surface area (Å²) in [5, 5.41) is 2.75. The van der Waals surface area contributed by atoms with Crippen molar-refractivity contribution in [3.8, 4) is 11.5 Å². The Hall–Kier alpha value is -2.21. The number of nitrogens with one attached hydrogen (secondary N) is 1. The van der Waals surface area contributed by atoms with Crippen LogP contribution in [0.4, 0.5) is 11.4 Å². The minimum atomic E-state index is -0.267. The number of rotatable bonds is 5. The number of halogens is 1. The van der Waals surface area contributed by atoms with Gasteiger partial charge >= 0.3 is 0 Å². The fraction of sp³-hybridized carbons (Fsp3) is 0.133. The van der Waals surface area contributed by atoms with Gasteiger partial charge in [0.25, 0.3) is 5.91 Å². The predicted molar refractivity (Wildman–Crippen MR) is 85.7 cm³/mol. The number of para-hydroxylation sites is 1. The van der Waals surface area contributed by atoms with Crippen LogP contribution in [0.25, 0.3) is 0 Å². The van der Waals surface area contributed by atoms with Gasteiger partial charge in [-0.2, -0.15) is 0 Å². The zero-order chi connectivity index (χ0) is 15.2. The van der Waals surface area contributed by atoms with Gasteiger partial charge in [0.15, 0.2) is 6.61 Å². The van der Waals surface area contributed by atoms with Crippen LogP contribution in [0.1, 0.15) is 0 Å². The van der Waals surface area contributed by atoms with Gasteiger partial charge in [-0.3, -0.25) is 4.79 Å². The molecule has 110 valence electrons. The summed E-state index contributed by atoms with van der Waals surface area (Å²) in [7, 11) is 1.56. The van der Waals surface area contributed by atoms with Crippen LogP contribution in [0.3, 0.4) is 0 Å². The average molecular weight is 351 g/mol. The van der Waals surface area contributed by atoms with E-state index in [-0.39, 0.29) is 12.5 Å². The summed E-state index contributed by atoms with van der Waals surface area (Å²) in [4.78, 5) is 11.8. The van der Waals surface area contributed by atoms with Crippen LogP contribution in [0.2, 0.25) is 0 Å². The maximum absolute atomic E-state index is 11.8. The molecule has 0 aromatic heterocycles. The molecule has 0 heterocycles. The number of hydrogen-bond acceptors (Lipinski definition) is 4. The zero-order valence-corrected chi connectivity index (χ0v) is 13.0. The van der Waals surface area contributed by atoms with E-state index in [9.17, 15) is 4.79 Å². The van der Waals surface area contributed by atoms with Crippen LogP contribution >= 0.6 is 15.9 Å². The molecule has 0 aliphatic carbocycles. The molecule has 6 heteroatoms. The quantitative estimate of drug-likeness (QED) is 0.812. The number of nitrogen functional groups attached to an aromatic ring is 1. The third-order valence-electron chi connectivity index (χ3n) is 2.72. The molecule has 0 aliphatic rings. The summed E-state index contributed by atoms with van der Waals surface area (Å²) >= 11 is 3.36. The number of ether oxygens (including phenoxy) is 2. The number of benzene rings is 2. The van der Waals surface area contributed by atoms with Gasteiger partial charge in [0.05, 0.1) is 18.5 Å². The molecular formula is C15H15BrN2O3. The maximum atomic E-state index is 11.8. The van der Waals surface area contributed by atoms with Crippen molar-refractivity contribution in [2.45, 2.75) is 0 Å². The Bertz CT molecular complexity index is 647. The Morgan fingerprint density at radius 1 is 1.29 bits per heavy atom. The first-order chi connectivity index (χ1) is 10.1. The molecule has 0 saturated heterocycles. The molecule has 2 aromatic carbocycles. The third kappa shape index (κ3) is 4.13. The van der Waals surface area contributed by atoms with E-state index in [2.05, 4.69) is 21.2 Å².